The molecule has 1 aliphatic heterocycles. The molecule has 2 aliphatic rings. The van der Waals surface area contributed by atoms with Gasteiger partial charge in [0.25, 0.3) is 0 Å². The summed E-state index contributed by atoms with van der Waals surface area (Å²) >= 11 is 0. The number of benzene rings is 2. The van der Waals surface area contributed by atoms with E-state index < -0.39 is 0 Å². The zero-order valence-corrected chi connectivity index (χ0v) is 13.2. The first-order valence-electron chi connectivity index (χ1n) is 8.48. The highest BCUT2D eigenvalue weighted by Crippen LogP contribution is 2.41. The molecule has 0 N–H and O–H groups in total. The predicted octanol–water partition coefficient (Wildman–Crippen LogP) is 5.89. The maximum absolute atomic E-state index is 2.61. The van der Waals surface area contributed by atoms with Crippen molar-refractivity contribution < 1.29 is 0 Å². The van der Waals surface area contributed by atoms with Crippen LogP contribution in [0.3, 0.4) is 0 Å². The van der Waals surface area contributed by atoms with Gasteiger partial charge in [0.1, 0.15) is 0 Å². The molecule has 1 heteroatoms. The van der Waals surface area contributed by atoms with Gasteiger partial charge < -0.3 is 4.90 Å². The van der Waals surface area contributed by atoms with Gasteiger partial charge in [-0.05, 0) is 42.0 Å². The van der Waals surface area contributed by atoms with Gasteiger partial charge in [-0.2, -0.15) is 0 Å². The van der Waals surface area contributed by atoms with E-state index in [-0.39, 0.29) is 0 Å². The van der Waals surface area contributed by atoms with E-state index in [4.69, 9.17) is 0 Å². The van der Waals surface area contributed by atoms with Crippen LogP contribution < -0.4 is 4.90 Å². The summed E-state index contributed by atoms with van der Waals surface area (Å²) in [6, 6.07) is 18.3. The smallest absolute Gasteiger partial charge is 0.0487 e. The molecule has 4 rings (SSSR count). The van der Waals surface area contributed by atoms with Gasteiger partial charge in [-0.15, -0.1) is 0 Å². The summed E-state index contributed by atoms with van der Waals surface area (Å²) in [7, 11) is 0. The Kier molecular flexibility index (Phi) is 3.49. The van der Waals surface area contributed by atoms with E-state index in [1.165, 1.54) is 48.2 Å². The van der Waals surface area contributed by atoms with Crippen molar-refractivity contribution in [2.75, 3.05) is 4.90 Å². The SMILES string of the molecule is CC1CCCC(N2c3ccccc3C=Cc3ccccc32)C1. The second-order valence-corrected chi connectivity index (χ2v) is 6.75. The van der Waals surface area contributed by atoms with Crippen LogP contribution in [0, 0.1) is 5.92 Å². The number of fused-ring (bicyclic) bond motifs is 2. The highest BCUT2D eigenvalue weighted by Gasteiger charge is 2.28. The Morgan fingerprint density at radius 1 is 0.818 bits per heavy atom. The summed E-state index contributed by atoms with van der Waals surface area (Å²) in [5.74, 6) is 0.828. The Labute approximate surface area is 133 Å². The molecule has 2 aromatic rings. The number of hydrogen-bond acceptors (Lipinski definition) is 1. The Balaban J connectivity index is 1.86. The van der Waals surface area contributed by atoms with Crippen LogP contribution in [0.4, 0.5) is 11.4 Å². The molecule has 1 heterocycles. The van der Waals surface area contributed by atoms with Crippen molar-refractivity contribution in [2.24, 2.45) is 5.92 Å². The van der Waals surface area contributed by atoms with Crippen LogP contribution in [0.25, 0.3) is 12.2 Å². The minimum absolute atomic E-state index is 0.617. The van der Waals surface area contributed by atoms with Crippen LogP contribution in [-0.2, 0) is 0 Å². The monoisotopic (exact) mass is 289 g/mol. The molecule has 0 amide bonds. The second kappa shape index (κ2) is 5.64. The third-order valence-corrected chi connectivity index (χ3v) is 5.11. The van der Waals surface area contributed by atoms with Crippen molar-refractivity contribution in [3.8, 4) is 0 Å². The van der Waals surface area contributed by atoms with Crippen molar-refractivity contribution in [3.05, 3.63) is 59.7 Å². The van der Waals surface area contributed by atoms with Gasteiger partial charge in [0.2, 0.25) is 0 Å². The van der Waals surface area contributed by atoms with Crippen molar-refractivity contribution in [1.29, 1.82) is 0 Å². The lowest BCUT2D eigenvalue weighted by Gasteiger charge is -2.39. The standard InChI is InChI=1S/C21H23N/c1-16-7-6-10-19(15-16)22-20-11-4-2-8-17(20)13-14-18-9-3-5-12-21(18)22/h2-5,8-9,11-14,16,19H,6-7,10,15H2,1H3. The van der Waals surface area contributed by atoms with E-state index in [1.807, 2.05) is 0 Å². The van der Waals surface area contributed by atoms with Crippen LogP contribution >= 0.6 is 0 Å². The first kappa shape index (κ1) is 13.6. The second-order valence-electron chi connectivity index (χ2n) is 6.75. The molecule has 0 spiro atoms. The van der Waals surface area contributed by atoms with E-state index in [0.717, 1.165) is 5.92 Å². The molecule has 2 atom stereocenters. The molecule has 1 nitrogen and oxygen atoms in total. The molecule has 22 heavy (non-hydrogen) atoms. The molecular formula is C21H23N. The predicted molar refractivity (Wildman–Crippen MR) is 95.4 cm³/mol. The van der Waals surface area contributed by atoms with E-state index in [9.17, 15) is 0 Å². The molecule has 1 aliphatic carbocycles. The third-order valence-electron chi connectivity index (χ3n) is 5.11. The first-order chi connectivity index (χ1) is 10.8. The van der Waals surface area contributed by atoms with Crippen LogP contribution in [0.5, 0.6) is 0 Å². The summed E-state index contributed by atoms with van der Waals surface area (Å²) in [5, 5.41) is 0. The zero-order chi connectivity index (χ0) is 14.9. The molecule has 0 saturated heterocycles. The average molecular weight is 289 g/mol. The van der Waals surface area contributed by atoms with Crippen molar-refractivity contribution in [3.63, 3.8) is 0 Å². The molecule has 1 fully saturated rings. The van der Waals surface area contributed by atoms with Crippen molar-refractivity contribution in [2.45, 2.75) is 38.6 Å². The lowest BCUT2D eigenvalue weighted by molar-refractivity contribution is 0.341. The molecule has 112 valence electrons. The van der Waals surface area contributed by atoms with E-state index in [0.29, 0.717) is 6.04 Å². The maximum atomic E-state index is 2.61. The van der Waals surface area contributed by atoms with Gasteiger partial charge in [0.15, 0.2) is 0 Å². The van der Waals surface area contributed by atoms with Crippen molar-refractivity contribution in [1.82, 2.24) is 0 Å². The fourth-order valence-electron chi connectivity index (χ4n) is 4.04. The summed E-state index contributed by atoms with van der Waals surface area (Å²) in [5.41, 5.74) is 5.39. The lowest BCUT2D eigenvalue weighted by Crippen LogP contribution is -2.35. The summed E-state index contributed by atoms with van der Waals surface area (Å²) in [6.45, 7) is 2.40. The fourth-order valence-corrected chi connectivity index (χ4v) is 4.04. The Bertz CT molecular complexity index is 651. The highest BCUT2D eigenvalue weighted by molar-refractivity contribution is 5.89. The van der Waals surface area contributed by atoms with Gasteiger partial charge in [0, 0.05) is 17.4 Å². The maximum Gasteiger partial charge on any atom is 0.0487 e. The molecule has 2 unspecified atom stereocenters. The Morgan fingerprint density at radius 3 is 2.00 bits per heavy atom. The first-order valence-corrected chi connectivity index (χ1v) is 8.48. The molecule has 2 aromatic carbocycles. The Morgan fingerprint density at radius 2 is 1.41 bits per heavy atom. The number of hydrogen-bond donors (Lipinski definition) is 0. The molecule has 0 aromatic heterocycles. The largest absolute Gasteiger partial charge is 0.337 e. The van der Waals surface area contributed by atoms with Crippen molar-refractivity contribution >= 4 is 23.5 Å². The quantitative estimate of drug-likeness (QED) is 0.633. The minimum atomic E-state index is 0.617. The number of anilines is 2. The van der Waals surface area contributed by atoms with Gasteiger partial charge in [-0.1, -0.05) is 68.3 Å². The third kappa shape index (κ3) is 2.35. The van der Waals surface area contributed by atoms with Gasteiger partial charge in [-0.25, -0.2) is 0 Å². The number of rotatable bonds is 1. The van der Waals surface area contributed by atoms with Gasteiger partial charge >= 0.3 is 0 Å². The normalized spacial score (nSPS) is 23.6. The number of nitrogens with zero attached hydrogens (tertiary/aromatic N) is 1. The van der Waals surface area contributed by atoms with Gasteiger partial charge in [-0.3, -0.25) is 0 Å². The molecule has 0 radical (unpaired) electrons. The van der Waals surface area contributed by atoms with Crippen LogP contribution in [0.1, 0.15) is 43.7 Å². The Hall–Kier alpha value is -2.02. The summed E-state index contributed by atoms with van der Waals surface area (Å²) < 4.78 is 0. The molecular weight excluding hydrogens is 266 g/mol. The summed E-state index contributed by atoms with van der Waals surface area (Å²) in [6.07, 6.45) is 9.85. The average Bonchev–Trinajstić information content (AvgIpc) is 2.71. The lowest BCUT2D eigenvalue weighted by atomic mass is 9.85. The van der Waals surface area contributed by atoms with E-state index in [2.05, 4.69) is 72.5 Å². The topological polar surface area (TPSA) is 3.24 Å². The van der Waals surface area contributed by atoms with E-state index >= 15 is 0 Å². The highest BCUT2D eigenvalue weighted by atomic mass is 15.2. The van der Waals surface area contributed by atoms with Crippen LogP contribution in [0.2, 0.25) is 0 Å². The van der Waals surface area contributed by atoms with E-state index in [1.54, 1.807) is 0 Å². The fraction of sp³-hybridized carbons (Fsp3) is 0.333. The number of para-hydroxylation sites is 2. The van der Waals surface area contributed by atoms with Crippen LogP contribution in [0.15, 0.2) is 48.5 Å². The van der Waals surface area contributed by atoms with Crippen LogP contribution in [-0.4, -0.2) is 6.04 Å². The summed E-state index contributed by atoms with van der Waals surface area (Å²) in [4.78, 5) is 2.61. The molecule has 0 bridgehead atoms. The minimum Gasteiger partial charge on any atom is -0.337 e. The molecule has 1 saturated carbocycles. The zero-order valence-electron chi connectivity index (χ0n) is 13.2. The van der Waals surface area contributed by atoms with Gasteiger partial charge in [0.05, 0.1) is 0 Å².